The van der Waals surface area contributed by atoms with Gasteiger partial charge in [-0.2, -0.15) is 18.4 Å². The number of benzene rings is 1. The van der Waals surface area contributed by atoms with Gasteiger partial charge >= 0.3 is 6.18 Å². The van der Waals surface area contributed by atoms with Crippen LogP contribution in [-0.4, -0.2) is 4.98 Å². The first-order chi connectivity index (χ1) is 9.02. The highest BCUT2D eigenvalue weighted by Crippen LogP contribution is 2.36. The second-order valence-electron chi connectivity index (χ2n) is 3.92. The summed E-state index contributed by atoms with van der Waals surface area (Å²) in [6.07, 6.45) is -2.90. The van der Waals surface area contributed by atoms with Gasteiger partial charge in [-0.3, -0.25) is 4.98 Å². The Morgan fingerprint density at radius 2 is 1.84 bits per heavy atom. The molecule has 0 aliphatic heterocycles. The highest BCUT2D eigenvalue weighted by molar-refractivity contribution is 5.67. The summed E-state index contributed by atoms with van der Waals surface area (Å²) in [4.78, 5) is 3.98. The molecule has 2 aromatic rings. The normalized spacial score (nSPS) is 11.1. The molecule has 0 radical (unpaired) electrons. The summed E-state index contributed by atoms with van der Waals surface area (Å²) in [6, 6.07) is 10.4. The third-order valence-electron chi connectivity index (χ3n) is 2.63. The van der Waals surface area contributed by atoms with Crippen molar-refractivity contribution >= 4 is 0 Å². The van der Waals surface area contributed by atoms with E-state index in [9.17, 15) is 13.2 Å². The van der Waals surface area contributed by atoms with Crippen molar-refractivity contribution in [1.29, 1.82) is 5.26 Å². The number of hydrogen-bond acceptors (Lipinski definition) is 2. The van der Waals surface area contributed by atoms with Crippen LogP contribution >= 0.6 is 0 Å². The van der Waals surface area contributed by atoms with Crippen molar-refractivity contribution < 1.29 is 13.2 Å². The molecule has 0 spiro atoms. The van der Waals surface area contributed by atoms with Gasteiger partial charge in [0.15, 0.2) is 0 Å². The van der Waals surface area contributed by atoms with Crippen molar-refractivity contribution in [3.05, 3.63) is 53.9 Å². The minimum absolute atomic E-state index is 0.0889. The average Bonchev–Trinajstić information content (AvgIpc) is 2.39. The van der Waals surface area contributed by atoms with Crippen LogP contribution in [0.5, 0.6) is 0 Å². The Hall–Kier alpha value is -2.35. The summed E-state index contributed by atoms with van der Waals surface area (Å²) in [7, 11) is 0. The van der Waals surface area contributed by atoms with Crippen LogP contribution in [0.2, 0.25) is 0 Å². The Labute approximate surface area is 108 Å². The summed E-state index contributed by atoms with van der Waals surface area (Å²) in [5.41, 5.74) is 0.321. The van der Waals surface area contributed by atoms with Gasteiger partial charge in [-0.1, -0.05) is 24.3 Å². The zero-order valence-electron chi connectivity index (χ0n) is 9.78. The number of aromatic nitrogens is 1. The third kappa shape index (κ3) is 2.91. The Balaban J connectivity index is 2.45. The highest BCUT2D eigenvalue weighted by Gasteiger charge is 2.33. The fourth-order valence-electron chi connectivity index (χ4n) is 1.75. The number of rotatable bonds is 2. The molecule has 0 aliphatic carbocycles. The van der Waals surface area contributed by atoms with E-state index in [1.165, 1.54) is 18.3 Å². The lowest BCUT2D eigenvalue weighted by molar-refractivity contribution is -0.137. The zero-order valence-corrected chi connectivity index (χ0v) is 9.78. The quantitative estimate of drug-likeness (QED) is 0.824. The SMILES string of the molecule is N#CCc1ccc(-c2ccccc2C(F)(F)F)cn1. The van der Waals surface area contributed by atoms with E-state index in [0.29, 0.717) is 11.3 Å². The minimum Gasteiger partial charge on any atom is -0.260 e. The maximum absolute atomic E-state index is 12.9. The van der Waals surface area contributed by atoms with Crippen molar-refractivity contribution in [3.63, 3.8) is 0 Å². The van der Waals surface area contributed by atoms with Crippen LogP contribution in [-0.2, 0) is 12.6 Å². The van der Waals surface area contributed by atoms with Gasteiger partial charge in [0.2, 0.25) is 0 Å². The second kappa shape index (κ2) is 5.11. The molecule has 1 aromatic carbocycles. The summed E-state index contributed by atoms with van der Waals surface area (Å²) in [6.45, 7) is 0. The fraction of sp³-hybridized carbons (Fsp3) is 0.143. The summed E-state index contributed by atoms with van der Waals surface area (Å²) in [5, 5.41) is 8.52. The van der Waals surface area contributed by atoms with E-state index in [4.69, 9.17) is 5.26 Å². The van der Waals surface area contributed by atoms with E-state index >= 15 is 0 Å². The van der Waals surface area contributed by atoms with Gasteiger partial charge < -0.3 is 0 Å². The molecule has 96 valence electrons. The fourth-order valence-corrected chi connectivity index (χ4v) is 1.75. The average molecular weight is 262 g/mol. The maximum Gasteiger partial charge on any atom is 0.417 e. The van der Waals surface area contributed by atoms with Crippen molar-refractivity contribution in [2.24, 2.45) is 0 Å². The molecule has 0 saturated carbocycles. The number of nitriles is 1. The van der Waals surface area contributed by atoms with Crippen molar-refractivity contribution in [2.75, 3.05) is 0 Å². The first kappa shape index (κ1) is 13.1. The smallest absolute Gasteiger partial charge is 0.260 e. The van der Waals surface area contributed by atoms with Gasteiger partial charge in [0.1, 0.15) is 0 Å². The van der Waals surface area contributed by atoms with Crippen LogP contribution in [0, 0.1) is 11.3 Å². The molecule has 0 saturated heterocycles. The predicted octanol–water partition coefficient (Wildman–Crippen LogP) is 3.83. The van der Waals surface area contributed by atoms with E-state index in [-0.39, 0.29) is 12.0 Å². The van der Waals surface area contributed by atoms with Crippen LogP contribution in [0.1, 0.15) is 11.3 Å². The Morgan fingerprint density at radius 1 is 1.11 bits per heavy atom. The Bertz CT molecular complexity index is 610. The zero-order chi connectivity index (χ0) is 13.9. The van der Waals surface area contributed by atoms with Gasteiger partial charge in [0.05, 0.1) is 23.7 Å². The van der Waals surface area contributed by atoms with Gasteiger partial charge in [-0.05, 0) is 17.7 Å². The molecule has 0 unspecified atom stereocenters. The van der Waals surface area contributed by atoms with Crippen LogP contribution < -0.4 is 0 Å². The molecule has 0 atom stereocenters. The second-order valence-corrected chi connectivity index (χ2v) is 3.92. The Morgan fingerprint density at radius 3 is 2.42 bits per heavy atom. The van der Waals surface area contributed by atoms with Crippen molar-refractivity contribution in [1.82, 2.24) is 4.98 Å². The summed E-state index contributed by atoms with van der Waals surface area (Å²) < 4.78 is 38.6. The first-order valence-corrected chi connectivity index (χ1v) is 5.51. The lowest BCUT2D eigenvalue weighted by Gasteiger charge is -2.12. The van der Waals surface area contributed by atoms with Crippen molar-refractivity contribution in [3.8, 4) is 17.2 Å². The number of nitrogens with zero attached hydrogens (tertiary/aromatic N) is 2. The number of hydrogen-bond donors (Lipinski definition) is 0. The van der Waals surface area contributed by atoms with Gasteiger partial charge in [-0.15, -0.1) is 0 Å². The molecule has 19 heavy (non-hydrogen) atoms. The van der Waals surface area contributed by atoms with E-state index in [1.54, 1.807) is 18.2 Å². The van der Waals surface area contributed by atoms with Gasteiger partial charge in [-0.25, -0.2) is 0 Å². The molecule has 0 N–H and O–H groups in total. The molecule has 1 heterocycles. The van der Waals surface area contributed by atoms with Gasteiger partial charge in [0.25, 0.3) is 0 Å². The Kier molecular flexibility index (Phi) is 3.52. The molecular formula is C14H9F3N2. The molecule has 0 fully saturated rings. The molecule has 5 heteroatoms. The molecule has 2 nitrogen and oxygen atoms in total. The molecule has 2 rings (SSSR count). The van der Waals surface area contributed by atoms with E-state index in [0.717, 1.165) is 6.07 Å². The molecule has 0 amide bonds. The van der Waals surface area contributed by atoms with Crippen LogP contribution in [0.25, 0.3) is 11.1 Å². The van der Waals surface area contributed by atoms with E-state index in [1.807, 2.05) is 6.07 Å². The molecular weight excluding hydrogens is 253 g/mol. The van der Waals surface area contributed by atoms with Crippen LogP contribution in [0.3, 0.4) is 0 Å². The van der Waals surface area contributed by atoms with Crippen LogP contribution in [0.15, 0.2) is 42.6 Å². The van der Waals surface area contributed by atoms with Crippen LogP contribution in [0.4, 0.5) is 13.2 Å². The predicted molar refractivity (Wildman–Crippen MR) is 64.0 cm³/mol. The molecule has 1 aromatic heterocycles. The number of pyridine rings is 1. The first-order valence-electron chi connectivity index (χ1n) is 5.51. The minimum atomic E-state index is -4.40. The maximum atomic E-state index is 12.9. The molecule has 0 bridgehead atoms. The third-order valence-corrected chi connectivity index (χ3v) is 2.63. The van der Waals surface area contributed by atoms with Crippen molar-refractivity contribution in [2.45, 2.75) is 12.6 Å². The van der Waals surface area contributed by atoms with E-state index < -0.39 is 11.7 Å². The standard InChI is InChI=1S/C14H9F3N2/c15-14(16,17)13-4-2-1-3-12(13)10-5-6-11(7-8-18)19-9-10/h1-6,9H,7H2. The highest BCUT2D eigenvalue weighted by atomic mass is 19.4. The van der Waals surface area contributed by atoms with E-state index in [2.05, 4.69) is 4.98 Å². The largest absolute Gasteiger partial charge is 0.417 e. The number of halogens is 3. The topological polar surface area (TPSA) is 36.7 Å². The lowest BCUT2D eigenvalue weighted by atomic mass is 10.0. The monoisotopic (exact) mass is 262 g/mol. The molecule has 0 aliphatic rings. The van der Waals surface area contributed by atoms with Gasteiger partial charge in [0, 0.05) is 11.8 Å². The number of alkyl halides is 3. The summed E-state index contributed by atoms with van der Waals surface area (Å²) in [5.74, 6) is 0. The summed E-state index contributed by atoms with van der Waals surface area (Å²) >= 11 is 0. The lowest BCUT2D eigenvalue weighted by Crippen LogP contribution is -2.07.